The quantitative estimate of drug-likeness (QED) is 0.250. The number of rotatable bonds is 7. The van der Waals surface area contributed by atoms with E-state index in [4.69, 9.17) is 9.47 Å². The highest BCUT2D eigenvalue weighted by Gasteiger charge is 2.62. The van der Waals surface area contributed by atoms with Gasteiger partial charge in [-0.1, -0.05) is 20.8 Å². The van der Waals surface area contributed by atoms with Crippen LogP contribution < -0.4 is 0 Å². The highest BCUT2D eigenvalue weighted by Crippen LogP contribution is 2.68. The molecule has 0 bridgehead atoms. The van der Waals surface area contributed by atoms with Gasteiger partial charge in [0.2, 0.25) is 0 Å². The van der Waals surface area contributed by atoms with Gasteiger partial charge >= 0.3 is 11.9 Å². The van der Waals surface area contributed by atoms with Crippen molar-refractivity contribution in [1.82, 2.24) is 0 Å². The number of aliphatic hydroxyl groups is 4. The molecule has 1 saturated heterocycles. The second-order valence-corrected chi connectivity index (χ2v) is 14.2. The van der Waals surface area contributed by atoms with Gasteiger partial charge in [-0.2, -0.15) is 0 Å². The summed E-state index contributed by atoms with van der Waals surface area (Å²) in [6.45, 7) is 6.94. The van der Waals surface area contributed by atoms with Gasteiger partial charge in [0.15, 0.2) is 12.4 Å². The van der Waals surface area contributed by atoms with E-state index in [1.54, 1.807) is 0 Å². The molecule has 10 nitrogen and oxygen atoms in total. The summed E-state index contributed by atoms with van der Waals surface area (Å²) < 4.78 is 11.4. The minimum absolute atomic E-state index is 0.00457. The number of fused-ring (bicyclic) bond motifs is 5. The number of aliphatic hydroxyl groups excluding tert-OH is 4. The van der Waals surface area contributed by atoms with Crippen molar-refractivity contribution in [2.75, 3.05) is 0 Å². The second-order valence-electron chi connectivity index (χ2n) is 14.2. The third-order valence-corrected chi connectivity index (χ3v) is 12.3. The minimum Gasteiger partial charge on any atom is -0.481 e. The highest BCUT2D eigenvalue weighted by molar-refractivity contribution is 5.73. The van der Waals surface area contributed by atoms with Crippen molar-refractivity contribution >= 4 is 11.9 Å². The molecular weight excluding hydrogens is 520 g/mol. The molecule has 5 aliphatic rings. The molecule has 0 spiro atoms. The lowest BCUT2D eigenvalue weighted by molar-refractivity contribution is -0.311. The first-order chi connectivity index (χ1) is 18.8. The van der Waals surface area contributed by atoms with Gasteiger partial charge in [0.05, 0.1) is 12.2 Å². The lowest BCUT2D eigenvalue weighted by atomic mass is 9.43. The highest BCUT2D eigenvalue weighted by atomic mass is 16.7. The van der Waals surface area contributed by atoms with Gasteiger partial charge in [-0.25, -0.2) is 4.79 Å². The van der Waals surface area contributed by atoms with E-state index in [0.29, 0.717) is 48.9 Å². The normalized spacial score (nSPS) is 51.3. The Balaban J connectivity index is 1.27. The summed E-state index contributed by atoms with van der Waals surface area (Å²) in [5.74, 6) is 0.140. The van der Waals surface area contributed by atoms with E-state index in [2.05, 4.69) is 20.8 Å². The standard InChI is InChI=1S/C30H48O10/c1-14(4-7-22(32)33)17-5-6-18-16-13-21(31)20-12-15(8-10-30(20,3)19(16)9-11-29(17,18)2)39-28-25(36)23(34)24(35)26(40-28)27(37)38/h14-21,23-26,28,31,34-36H,4-13H2,1-3H3,(H,32,33)(H,37,38)/t14-,15-,16+,17-,18+,19+,20+,21-,23+,24+,25-,26+,28-,29-,30-/m1/s1. The number of aliphatic carboxylic acids is 2. The summed E-state index contributed by atoms with van der Waals surface area (Å²) in [4.78, 5) is 22.7. The van der Waals surface area contributed by atoms with Crippen LogP contribution in [-0.2, 0) is 19.1 Å². The van der Waals surface area contributed by atoms with Crippen molar-refractivity contribution < 1.29 is 49.7 Å². The molecule has 15 atom stereocenters. The fourth-order valence-corrected chi connectivity index (χ4v) is 10.3. The van der Waals surface area contributed by atoms with Crippen LogP contribution in [0.3, 0.4) is 0 Å². The van der Waals surface area contributed by atoms with Crippen LogP contribution in [-0.4, -0.2) is 85.5 Å². The molecule has 0 unspecified atom stereocenters. The number of carbonyl (C=O) groups is 2. The van der Waals surface area contributed by atoms with Crippen LogP contribution in [0, 0.1) is 46.3 Å². The van der Waals surface area contributed by atoms with Crippen LogP contribution in [0.4, 0.5) is 0 Å². The number of carboxylic acid groups (broad SMARTS) is 2. The largest absolute Gasteiger partial charge is 0.481 e. The van der Waals surface area contributed by atoms with Crippen LogP contribution >= 0.6 is 0 Å². The Morgan fingerprint density at radius 1 is 0.875 bits per heavy atom. The Morgan fingerprint density at radius 3 is 2.23 bits per heavy atom. The van der Waals surface area contributed by atoms with Crippen LogP contribution in [0.1, 0.15) is 85.0 Å². The van der Waals surface area contributed by atoms with E-state index in [9.17, 15) is 40.2 Å². The number of hydrogen-bond donors (Lipinski definition) is 6. The van der Waals surface area contributed by atoms with Crippen molar-refractivity contribution in [3.05, 3.63) is 0 Å². The Kier molecular flexibility index (Phi) is 8.36. The molecule has 4 saturated carbocycles. The number of hydrogen-bond acceptors (Lipinski definition) is 8. The maximum Gasteiger partial charge on any atom is 0.335 e. The van der Waals surface area contributed by atoms with E-state index in [-0.39, 0.29) is 29.3 Å². The molecule has 10 heteroatoms. The van der Waals surface area contributed by atoms with Crippen molar-refractivity contribution in [1.29, 1.82) is 0 Å². The van der Waals surface area contributed by atoms with Crippen molar-refractivity contribution in [2.24, 2.45) is 46.3 Å². The van der Waals surface area contributed by atoms with Crippen LogP contribution in [0.25, 0.3) is 0 Å². The minimum atomic E-state index is -1.76. The topological polar surface area (TPSA) is 174 Å². The fourth-order valence-electron chi connectivity index (χ4n) is 10.3. The van der Waals surface area contributed by atoms with E-state index >= 15 is 0 Å². The smallest absolute Gasteiger partial charge is 0.335 e. The summed E-state index contributed by atoms with van der Waals surface area (Å²) >= 11 is 0. The second kappa shape index (κ2) is 11.1. The number of ether oxygens (including phenoxy) is 2. The van der Waals surface area contributed by atoms with Gasteiger partial charge in [-0.15, -0.1) is 0 Å². The Morgan fingerprint density at radius 2 is 1.55 bits per heavy atom. The third-order valence-electron chi connectivity index (χ3n) is 12.3. The summed E-state index contributed by atoms with van der Waals surface area (Å²) in [7, 11) is 0. The first-order valence-corrected chi connectivity index (χ1v) is 15.3. The van der Waals surface area contributed by atoms with Crippen molar-refractivity contribution in [2.45, 2.75) is 128 Å². The lowest BCUT2D eigenvalue weighted by Crippen LogP contribution is -2.62. The molecule has 6 N–H and O–H groups in total. The average molecular weight is 569 g/mol. The predicted octanol–water partition coefficient (Wildman–Crippen LogP) is 2.39. The Hall–Kier alpha value is -1.30. The molecule has 228 valence electrons. The molecule has 1 aliphatic heterocycles. The molecule has 0 aromatic heterocycles. The molecule has 4 aliphatic carbocycles. The van der Waals surface area contributed by atoms with Gasteiger partial charge in [0.1, 0.15) is 18.3 Å². The molecule has 5 rings (SSSR count). The van der Waals surface area contributed by atoms with Crippen LogP contribution in [0.2, 0.25) is 0 Å². The number of carboxylic acids is 2. The van der Waals surface area contributed by atoms with Gasteiger partial charge in [-0.3, -0.25) is 4.79 Å². The summed E-state index contributed by atoms with van der Waals surface area (Å²) in [6, 6.07) is 0. The molecule has 5 fully saturated rings. The predicted molar refractivity (Wildman–Crippen MR) is 142 cm³/mol. The molecule has 40 heavy (non-hydrogen) atoms. The lowest BCUT2D eigenvalue weighted by Gasteiger charge is -2.62. The average Bonchev–Trinajstić information content (AvgIpc) is 3.25. The van der Waals surface area contributed by atoms with E-state index in [0.717, 1.165) is 38.5 Å². The van der Waals surface area contributed by atoms with Crippen LogP contribution in [0.5, 0.6) is 0 Å². The van der Waals surface area contributed by atoms with E-state index in [1.165, 1.54) is 0 Å². The van der Waals surface area contributed by atoms with Gasteiger partial charge in [0.25, 0.3) is 0 Å². The summed E-state index contributed by atoms with van der Waals surface area (Å²) in [5, 5.41) is 60.7. The van der Waals surface area contributed by atoms with E-state index in [1.807, 2.05) is 0 Å². The molecule has 0 aromatic carbocycles. The zero-order chi connectivity index (χ0) is 29.1. The SMILES string of the molecule is C[C@H](CCC(=O)O)[C@H]1CC[C@H]2[C@@H]3C[C@@H](O)[C@@H]4C[C@H](O[C@@H]5O[C@H](C(=O)O)[C@@H](O)[C@H](O)[C@H]5O)CC[C@]4(C)[C@H]3CC[C@]12C. The molecule has 0 aromatic rings. The Bertz CT molecular complexity index is 959. The van der Waals surface area contributed by atoms with Crippen molar-refractivity contribution in [3.63, 3.8) is 0 Å². The summed E-state index contributed by atoms with van der Waals surface area (Å²) in [5.41, 5.74) is 0.102. The van der Waals surface area contributed by atoms with Gasteiger partial charge in [-0.05, 0) is 104 Å². The third kappa shape index (κ3) is 5.00. The molecule has 0 amide bonds. The molecule has 0 radical (unpaired) electrons. The maximum absolute atomic E-state index is 11.5. The van der Waals surface area contributed by atoms with Crippen molar-refractivity contribution in [3.8, 4) is 0 Å². The maximum atomic E-state index is 11.5. The zero-order valence-corrected chi connectivity index (χ0v) is 23.9. The van der Waals surface area contributed by atoms with Gasteiger partial charge < -0.3 is 40.1 Å². The fraction of sp³-hybridized carbons (Fsp3) is 0.933. The van der Waals surface area contributed by atoms with Gasteiger partial charge in [0, 0.05) is 6.42 Å². The first-order valence-electron chi connectivity index (χ1n) is 15.3. The monoisotopic (exact) mass is 568 g/mol. The first kappa shape index (κ1) is 30.2. The summed E-state index contributed by atoms with van der Waals surface area (Å²) in [6.07, 6.45) is -0.789. The molecular formula is C30H48O10. The van der Waals surface area contributed by atoms with Crippen LogP contribution in [0.15, 0.2) is 0 Å². The molecule has 1 heterocycles. The van der Waals surface area contributed by atoms with E-state index < -0.39 is 48.7 Å². The zero-order valence-electron chi connectivity index (χ0n) is 23.9. The Labute approximate surface area is 236 Å².